The highest BCUT2D eigenvalue weighted by Gasteiger charge is 2.44. The van der Waals surface area contributed by atoms with Gasteiger partial charge in [-0.1, -0.05) is 111 Å². The number of rotatable bonds is 59. The Kier molecular flexibility index (Phi) is 47.0. The topological polar surface area (TPSA) is 421 Å². The van der Waals surface area contributed by atoms with Crippen molar-refractivity contribution in [3.63, 3.8) is 0 Å². The molecular formula is C81H131N11O23. The van der Waals surface area contributed by atoms with Crippen molar-refractivity contribution in [3.8, 4) is 0 Å². The van der Waals surface area contributed by atoms with Crippen LogP contribution in [0.1, 0.15) is 131 Å². The summed E-state index contributed by atoms with van der Waals surface area (Å²) < 4.78 is 61.8. The largest absolute Gasteiger partial charge is 0.445 e. The van der Waals surface area contributed by atoms with Gasteiger partial charge in [-0.25, -0.2) is 9.59 Å². The average Bonchev–Trinajstić information content (AvgIpc) is 1.78. The molecule has 2 aliphatic heterocycles. The van der Waals surface area contributed by atoms with E-state index in [9.17, 15) is 57.8 Å². The molecule has 2 aromatic rings. The minimum Gasteiger partial charge on any atom is -0.445 e. The predicted molar refractivity (Wildman–Crippen MR) is 426 cm³/mol. The molecule has 0 spiro atoms. The molecule has 115 heavy (non-hydrogen) atoms. The fourth-order valence-electron chi connectivity index (χ4n) is 13.3. The molecule has 648 valence electrons. The molecule has 1 fully saturated rings. The van der Waals surface area contributed by atoms with Crippen LogP contribution in [-0.4, -0.2) is 298 Å². The summed E-state index contributed by atoms with van der Waals surface area (Å²) in [7, 11) is 6.08. The lowest BCUT2D eigenvalue weighted by molar-refractivity contribution is -0.148. The first-order valence-electron chi connectivity index (χ1n) is 40.0. The van der Waals surface area contributed by atoms with E-state index in [1.54, 1.807) is 109 Å². The Morgan fingerprint density at radius 3 is 1.63 bits per heavy atom. The monoisotopic (exact) mass is 1630 g/mol. The summed E-state index contributed by atoms with van der Waals surface area (Å²) in [5.41, 5.74) is 6.79. The second-order valence-corrected chi connectivity index (χ2v) is 29.6. The summed E-state index contributed by atoms with van der Waals surface area (Å²) >= 11 is 0. The lowest BCUT2D eigenvalue weighted by Gasteiger charge is -2.41. The maximum Gasteiger partial charge on any atom is 0.410 e. The van der Waals surface area contributed by atoms with Gasteiger partial charge in [0, 0.05) is 65.7 Å². The number of benzene rings is 2. The van der Waals surface area contributed by atoms with Gasteiger partial charge in [-0.05, 0) is 79.5 Å². The zero-order valence-electron chi connectivity index (χ0n) is 69.9. The quantitative estimate of drug-likeness (QED) is 0.0342. The van der Waals surface area contributed by atoms with E-state index in [4.69, 9.17) is 57.8 Å². The number of aliphatic hydroxyl groups is 1. The Hall–Kier alpha value is -8.29. The molecule has 0 radical (unpaired) electrons. The maximum absolute atomic E-state index is 14.9. The fraction of sp³-hybridized carbons (Fsp3) is 0.691. The number of hydrogen-bond donors (Lipinski definition) is 8. The molecule has 0 saturated carbocycles. The second kappa shape index (κ2) is 54.6. The Morgan fingerprint density at radius 1 is 0.600 bits per heavy atom. The van der Waals surface area contributed by atoms with E-state index in [1.807, 2.05) is 32.0 Å². The van der Waals surface area contributed by atoms with E-state index in [0.717, 1.165) is 4.90 Å². The number of methoxy groups -OCH3 is 2. The molecule has 1 saturated heterocycles. The van der Waals surface area contributed by atoms with Gasteiger partial charge in [0.15, 0.2) is 0 Å². The van der Waals surface area contributed by atoms with Gasteiger partial charge in [0.25, 0.3) is 11.8 Å². The van der Waals surface area contributed by atoms with Crippen molar-refractivity contribution in [2.45, 2.75) is 181 Å². The number of aliphatic hydroxyl groups excluding tert-OH is 1. The van der Waals surface area contributed by atoms with Crippen LogP contribution in [-0.2, 0) is 102 Å². The van der Waals surface area contributed by atoms with E-state index in [0.29, 0.717) is 122 Å². The molecule has 12 atom stereocenters. The maximum atomic E-state index is 14.9. The molecule has 0 aliphatic carbocycles. The third-order valence-corrected chi connectivity index (χ3v) is 20.0. The first kappa shape index (κ1) is 99.1. The number of hydrogen-bond acceptors (Lipinski definition) is 23. The summed E-state index contributed by atoms with van der Waals surface area (Å²) in [4.78, 5) is 152. The summed E-state index contributed by atoms with van der Waals surface area (Å²) in [6, 6.07) is 8.67. The first-order valence-corrected chi connectivity index (χ1v) is 40.0. The number of primary amides is 1. The third kappa shape index (κ3) is 35.2. The van der Waals surface area contributed by atoms with Gasteiger partial charge in [-0.3, -0.25) is 53.0 Å². The number of likely N-dealkylation sites (N-methyl/N-ethyl adjacent to an activating group) is 2. The number of nitrogens with one attached hydrogen (secondary N) is 6. The summed E-state index contributed by atoms with van der Waals surface area (Å²) in [5.74, 6) is -6.09. The van der Waals surface area contributed by atoms with Crippen LogP contribution in [0, 0.1) is 29.6 Å². The van der Waals surface area contributed by atoms with E-state index in [2.05, 4.69) is 31.9 Å². The van der Waals surface area contributed by atoms with Crippen molar-refractivity contribution in [1.29, 1.82) is 0 Å². The summed E-state index contributed by atoms with van der Waals surface area (Å²) in [6.45, 7) is 23.7. The highest BCUT2D eigenvalue weighted by molar-refractivity contribution is 6.12. The number of likely N-dealkylation sites (tertiary alicyclic amines) is 1. The molecule has 2 aliphatic rings. The average molecular weight is 1630 g/mol. The van der Waals surface area contributed by atoms with Crippen molar-refractivity contribution in [3.05, 3.63) is 77.9 Å². The van der Waals surface area contributed by atoms with Crippen LogP contribution in [0.15, 0.2) is 66.7 Å². The highest BCUT2D eigenvalue weighted by Crippen LogP contribution is 2.31. The Bertz CT molecular complexity index is 3280. The second-order valence-electron chi connectivity index (χ2n) is 29.6. The minimum absolute atomic E-state index is 0.0483. The van der Waals surface area contributed by atoms with E-state index in [1.165, 1.54) is 38.3 Å². The lowest BCUT2D eigenvalue weighted by atomic mass is 9.89. The molecule has 2 aromatic carbocycles. The van der Waals surface area contributed by atoms with Crippen LogP contribution in [0.4, 0.5) is 15.3 Å². The fourth-order valence-corrected chi connectivity index (χ4v) is 13.3. The van der Waals surface area contributed by atoms with Crippen molar-refractivity contribution >= 4 is 71.0 Å². The first-order chi connectivity index (χ1) is 55.0. The minimum atomic E-state index is -1.13. The van der Waals surface area contributed by atoms with Gasteiger partial charge in [0.05, 0.1) is 161 Å². The number of nitrogens with zero attached hydrogens (tertiary/aromatic N) is 4. The lowest BCUT2D eigenvalue weighted by Crippen LogP contribution is -2.60. The molecule has 34 nitrogen and oxygen atoms in total. The van der Waals surface area contributed by atoms with Gasteiger partial charge in [-0.15, -0.1) is 0 Å². The molecule has 9 N–H and O–H groups in total. The number of carbonyl (C=O) groups is 11. The highest BCUT2D eigenvalue weighted by atomic mass is 16.6. The van der Waals surface area contributed by atoms with Crippen molar-refractivity contribution in [2.75, 3.05) is 159 Å². The van der Waals surface area contributed by atoms with Crippen LogP contribution in [0.3, 0.4) is 0 Å². The molecule has 0 unspecified atom stereocenters. The number of nitrogens with two attached hydrogens (primary N) is 1. The van der Waals surface area contributed by atoms with Crippen molar-refractivity contribution in [1.82, 2.24) is 46.2 Å². The number of anilines is 1. The smallest absolute Gasteiger partial charge is 0.410 e. The Labute approximate surface area is 677 Å². The van der Waals surface area contributed by atoms with E-state index < -0.39 is 126 Å². The number of amides is 12. The normalized spacial score (nSPS) is 16.4. The molecule has 2 heterocycles. The number of ether oxygens (including phenoxy) is 11. The van der Waals surface area contributed by atoms with Gasteiger partial charge in [0.1, 0.15) is 30.8 Å². The predicted octanol–water partition coefficient (Wildman–Crippen LogP) is 4.04. The SMILES string of the molecule is CC[C@H](C)[C@H]([C@H](CC(=O)N1CCC[C@H]1[C@H](OC)[C@@H](C)C(=O)N[C@H](C)[C@@H](O)c1ccccc1)OC)N(C)C(=O)[C@@H](NC(=O)[C@H](C(C)C)N(C)C(=O)OCc1ccc(NC(=O)[C@H](CCCNC(N)=O)NC(=O)[C@@H](NC(=O)CCOCCOCCOCCOCCOCCOCCOCCOCCN2C(=O)C=CC2=O)C(C)C)cc1)C(C)C. The van der Waals surface area contributed by atoms with Crippen LogP contribution >= 0.6 is 0 Å². The van der Waals surface area contributed by atoms with Crippen molar-refractivity contribution in [2.24, 2.45) is 35.3 Å². The zero-order chi connectivity index (χ0) is 84.9. The standard InChI is InChI=1S/C81H131N11O23/c1-15-56(8)72(64(105-13)51-68(96)91-33-20-24-63(91)74(106-14)57(9)75(98)84-58(10)73(97)60-21-17-16-18-22-60)89(11)79(102)70(54(4)5)88-78(101)71(55(6)7)90(12)81(104)115-52-59-25-27-61(28-26-59)85-76(99)62(23-19-32-83-80(82)103)86-77(100)69(53(2)3)87-65(93)31-35-107-37-39-109-41-43-111-45-47-113-49-50-114-48-46-112-44-42-110-40-38-108-36-34-92-66(94)29-30-67(92)95/h16-18,21-22,25-30,53-58,62-64,69-74,97H,15,19-20,23-24,31-52H2,1-14H3,(H,84,98)(H,85,99)(H,86,100)(H,87,93)(H,88,101)(H3,82,83,103)/t56-,57+,58+,62-,63-,64-,69-,70-,71-,72+,73+,74+/m0/s1. The number of imide groups is 1. The third-order valence-electron chi connectivity index (χ3n) is 20.0. The van der Waals surface area contributed by atoms with Gasteiger partial charge in [-0.2, -0.15) is 0 Å². The van der Waals surface area contributed by atoms with E-state index in [-0.39, 0.29) is 101 Å². The summed E-state index contributed by atoms with van der Waals surface area (Å²) in [6.07, 6.45) is 1.28. The molecule has 34 heteroatoms. The molecular weight excluding hydrogens is 1490 g/mol. The van der Waals surface area contributed by atoms with Gasteiger partial charge >= 0.3 is 12.1 Å². The van der Waals surface area contributed by atoms with Crippen molar-refractivity contribution < 1.29 is 110 Å². The number of urea groups is 1. The van der Waals surface area contributed by atoms with Crippen LogP contribution in [0.25, 0.3) is 0 Å². The Morgan fingerprint density at radius 2 is 1.13 bits per heavy atom. The zero-order valence-corrected chi connectivity index (χ0v) is 69.9. The van der Waals surface area contributed by atoms with Crippen LogP contribution in [0.5, 0.6) is 0 Å². The van der Waals surface area contributed by atoms with Crippen LogP contribution < -0.4 is 37.6 Å². The van der Waals surface area contributed by atoms with Crippen LogP contribution in [0.2, 0.25) is 0 Å². The summed E-state index contributed by atoms with van der Waals surface area (Å²) in [5, 5.41) is 27.7. The molecule has 0 aromatic heterocycles. The van der Waals surface area contributed by atoms with E-state index >= 15 is 0 Å². The van der Waals surface area contributed by atoms with Gasteiger partial charge < -0.3 is 105 Å². The molecule has 4 rings (SSSR count). The molecule has 12 amide bonds. The molecule has 0 bridgehead atoms. The number of carbonyl (C=O) groups excluding carboxylic acids is 11. The Balaban J connectivity index is 1.19. The van der Waals surface area contributed by atoms with Gasteiger partial charge in [0.2, 0.25) is 41.4 Å².